The Morgan fingerprint density at radius 3 is 2.33 bits per heavy atom. The van der Waals surface area contributed by atoms with E-state index >= 15 is 0 Å². The van der Waals surface area contributed by atoms with Gasteiger partial charge in [-0.05, 0) is 42.5 Å². The van der Waals surface area contributed by atoms with Gasteiger partial charge in [-0.1, -0.05) is 22.0 Å². The molecule has 0 spiro atoms. The van der Waals surface area contributed by atoms with Crippen molar-refractivity contribution in [2.24, 2.45) is 0 Å². The number of carbonyl (C=O) groups is 1. The van der Waals surface area contributed by atoms with E-state index in [-0.39, 0.29) is 4.90 Å². The van der Waals surface area contributed by atoms with E-state index in [1.54, 1.807) is 36.4 Å². The SMILES string of the molecule is COC(=O)CN(c1cccc(Br)c1)S(=O)(=O)c1ccc(OC)cc1. The predicted octanol–water partition coefficient (Wildman–Crippen LogP) is 2.83. The summed E-state index contributed by atoms with van der Waals surface area (Å²) in [5, 5.41) is 0. The number of benzene rings is 2. The van der Waals surface area contributed by atoms with Crippen LogP contribution in [0.1, 0.15) is 0 Å². The zero-order chi connectivity index (χ0) is 17.7. The number of rotatable bonds is 6. The minimum atomic E-state index is -3.94. The quantitative estimate of drug-likeness (QED) is 0.680. The molecule has 0 aliphatic heterocycles. The van der Waals surface area contributed by atoms with E-state index in [9.17, 15) is 13.2 Å². The molecule has 0 heterocycles. The van der Waals surface area contributed by atoms with E-state index in [0.717, 1.165) is 4.31 Å². The summed E-state index contributed by atoms with van der Waals surface area (Å²) in [7, 11) is -1.24. The van der Waals surface area contributed by atoms with Gasteiger partial charge in [0.1, 0.15) is 12.3 Å². The molecule has 0 atom stereocenters. The van der Waals surface area contributed by atoms with Gasteiger partial charge in [0, 0.05) is 4.47 Å². The van der Waals surface area contributed by atoms with E-state index in [2.05, 4.69) is 20.7 Å². The maximum Gasteiger partial charge on any atom is 0.326 e. The molecule has 0 N–H and O–H groups in total. The average molecular weight is 414 g/mol. The molecule has 0 radical (unpaired) electrons. The average Bonchev–Trinajstić information content (AvgIpc) is 2.59. The Morgan fingerprint density at radius 2 is 1.79 bits per heavy atom. The Labute approximate surface area is 149 Å². The van der Waals surface area contributed by atoms with Crippen molar-refractivity contribution in [3.8, 4) is 5.75 Å². The van der Waals surface area contributed by atoms with Gasteiger partial charge in [0.05, 0.1) is 24.8 Å². The molecule has 0 unspecified atom stereocenters. The predicted molar refractivity (Wildman–Crippen MR) is 93.7 cm³/mol. The normalized spacial score (nSPS) is 11.0. The van der Waals surface area contributed by atoms with Crippen molar-refractivity contribution >= 4 is 37.6 Å². The molecule has 128 valence electrons. The standard InChI is InChI=1S/C16H16BrNO5S/c1-22-14-6-8-15(9-7-14)24(20,21)18(11-16(19)23-2)13-5-3-4-12(17)10-13/h3-10H,11H2,1-2H3. The van der Waals surface area contributed by atoms with Crippen LogP contribution in [0.2, 0.25) is 0 Å². The summed E-state index contributed by atoms with van der Waals surface area (Å²) in [5.74, 6) is -0.122. The maximum atomic E-state index is 13.0. The fourth-order valence-corrected chi connectivity index (χ4v) is 3.79. The number of ether oxygens (including phenoxy) is 2. The number of esters is 1. The van der Waals surface area contributed by atoms with E-state index in [4.69, 9.17) is 4.74 Å². The van der Waals surface area contributed by atoms with Crippen LogP contribution in [0.5, 0.6) is 5.75 Å². The summed E-state index contributed by atoms with van der Waals surface area (Å²) in [6, 6.07) is 12.6. The summed E-state index contributed by atoms with van der Waals surface area (Å²) in [5.41, 5.74) is 0.352. The van der Waals surface area contributed by atoms with Crippen LogP contribution in [0.15, 0.2) is 57.9 Å². The van der Waals surface area contributed by atoms with Crippen LogP contribution in [-0.4, -0.2) is 35.2 Å². The number of nitrogens with zero attached hydrogens (tertiary/aromatic N) is 1. The topological polar surface area (TPSA) is 72.9 Å². The summed E-state index contributed by atoms with van der Waals surface area (Å²) >= 11 is 3.30. The number of halogens is 1. The lowest BCUT2D eigenvalue weighted by molar-refractivity contribution is -0.138. The van der Waals surface area contributed by atoms with Gasteiger partial charge in [0.2, 0.25) is 0 Å². The Balaban J connectivity index is 2.49. The van der Waals surface area contributed by atoms with Crippen LogP contribution in [0, 0.1) is 0 Å². The molecule has 0 saturated heterocycles. The van der Waals surface area contributed by atoms with Gasteiger partial charge in [0.15, 0.2) is 0 Å². The lowest BCUT2D eigenvalue weighted by atomic mass is 10.3. The minimum absolute atomic E-state index is 0.0483. The summed E-state index contributed by atoms with van der Waals surface area (Å²) < 4.78 is 37.3. The number of hydrogen-bond acceptors (Lipinski definition) is 5. The Morgan fingerprint density at radius 1 is 1.12 bits per heavy atom. The van der Waals surface area contributed by atoms with Crippen molar-refractivity contribution in [1.82, 2.24) is 0 Å². The van der Waals surface area contributed by atoms with Crippen LogP contribution in [0.3, 0.4) is 0 Å². The molecular formula is C16H16BrNO5S. The third kappa shape index (κ3) is 4.07. The van der Waals surface area contributed by atoms with Gasteiger partial charge in [-0.2, -0.15) is 0 Å². The number of sulfonamides is 1. The molecule has 2 aromatic rings. The van der Waals surface area contributed by atoms with Gasteiger partial charge in [-0.3, -0.25) is 9.10 Å². The summed E-state index contributed by atoms with van der Waals surface area (Å²) in [6.07, 6.45) is 0. The van der Waals surface area contributed by atoms with Gasteiger partial charge in [-0.25, -0.2) is 8.42 Å². The molecule has 8 heteroatoms. The maximum absolute atomic E-state index is 13.0. The molecule has 6 nitrogen and oxygen atoms in total. The Bertz CT molecular complexity index is 821. The van der Waals surface area contributed by atoms with Crippen molar-refractivity contribution in [2.75, 3.05) is 25.1 Å². The highest BCUT2D eigenvalue weighted by molar-refractivity contribution is 9.10. The first-order valence-electron chi connectivity index (χ1n) is 6.87. The third-order valence-electron chi connectivity index (χ3n) is 3.24. The first-order valence-corrected chi connectivity index (χ1v) is 9.11. The molecule has 0 bridgehead atoms. The monoisotopic (exact) mass is 413 g/mol. The molecule has 2 rings (SSSR count). The largest absolute Gasteiger partial charge is 0.497 e. The van der Waals surface area contributed by atoms with Crippen molar-refractivity contribution in [1.29, 1.82) is 0 Å². The van der Waals surface area contributed by atoms with Gasteiger partial charge in [-0.15, -0.1) is 0 Å². The minimum Gasteiger partial charge on any atom is -0.497 e. The molecule has 2 aromatic carbocycles. The highest BCUT2D eigenvalue weighted by Crippen LogP contribution is 2.27. The van der Waals surface area contributed by atoms with Crippen LogP contribution >= 0.6 is 15.9 Å². The van der Waals surface area contributed by atoms with Crippen LogP contribution in [0.4, 0.5) is 5.69 Å². The second-order valence-electron chi connectivity index (χ2n) is 4.74. The van der Waals surface area contributed by atoms with Gasteiger partial charge in [0.25, 0.3) is 10.0 Å². The number of methoxy groups -OCH3 is 2. The lowest BCUT2D eigenvalue weighted by Gasteiger charge is -2.23. The van der Waals surface area contributed by atoms with E-state index in [1.165, 1.54) is 26.4 Å². The van der Waals surface area contributed by atoms with Crippen molar-refractivity contribution in [2.45, 2.75) is 4.90 Å². The first-order chi connectivity index (χ1) is 11.4. The Hall–Kier alpha value is -2.06. The molecule has 0 aromatic heterocycles. The zero-order valence-corrected chi connectivity index (χ0v) is 15.5. The third-order valence-corrected chi connectivity index (χ3v) is 5.53. The summed E-state index contributed by atoms with van der Waals surface area (Å²) in [4.78, 5) is 11.7. The second kappa shape index (κ2) is 7.67. The van der Waals surface area contributed by atoms with Crippen molar-refractivity contribution < 1.29 is 22.7 Å². The highest BCUT2D eigenvalue weighted by atomic mass is 79.9. The van der Waals surface area contributed by atoms with E-state index in [1.807, 2.05) is 0 Å². The van der Waals surface area contributed by atoms with Crippen molar-refractivity contribution in [3.63, 3.8) is 0 Å². The summed E-state index contributed by atoms with van der Waals surface area (Å²) in [6.45, 7) is -0.429. The lowest BCUT2D eigenvalue weighted by Crippen LogP contribution is -2.36. The zero-order valence-electron chi connectivity index (χ0n) is 13.1. The van der Waals surface area contributed by atoms with Crippen molar-refractivity contribution in [3.05, 3.63) is 53.0 Å². The highest BCUT2D eigenvalue weighted by Gasteiger charge is 2.27. The van der Waals surface area contributed by atoms with Crippen LogP contribution in [-0.2, 0) is 19.6 Å². The van der Waals surface area contributed by atoms with E-state index in [0.29, 0.717) is 15.9 Å². The van der Waals surface area contributed by atoms with Crippen LogP contribution in [0.25, 0.3) is 0 Å². The number of anilines is 1. The fourth-order valence-electron chi connectivity index (χ4n) is 2.00. The number of hydrogen-bond donors (Lipinski definition) is 0. The van der Waals surface area contributed by atoms with Crippen LogP contribution < -0.4 is 9.04 Å². The smallest absolute Gasteiger partial charge is 0.326 e. The first kappa shape index (κ1) is 18.3. The molecule has 0 aliphatic carbocycles. The fraction of sp³-hybridized carbons (Fsp3) is 0.188. The second-order valence-corrected chi connectivity index (χ2v) is 7.52. The molecule has 0 amide bonds. The van der Waals surface area contributed by atoms with Gasteiger partial charge < -0.3 is 9.47 Å². The Kier molecular flexibility index (Phi) is 5.84. The molecule has 0 fully saturated rings. The molecular weight excluding hydrogens is 398 g/mol. The molecule has 0 aliphatic rings. The molecule has 0 saturated carbocycles. The van der Waals surface area contributed by atoms with E-state index < -0.39 is 22.5 Å². The number of carbonyl (C=O) groups excluding carboxylic acids is 1. The molecule has 24 heavy (non-hydrogen) atoms. The van der Waals surface area contributed by atoms with Gasteiger partial charge >= 0.3 is 5.97 Å².